The van der Waals surface area contributed by atoms with Gasteiger partial charge < -0.3 is 14.8 Å². The Balaban J connectivity index is 2.91. The lowest BCUT2D eigenvalue weighted by molar-refractivity contribution is -0.157. The van der Waals surface area contributed by atoms with Gasteiger partial charge in [-0.1, -0.05) is 0 Å². The molecule has 0 aliphatic rings. The largest absolute Gasteiger partial charge is 0.458 e. The summed E-state index contributed by atoms with van der Waals surface area (Å²) in [5.74, 6) is -0.579. The van der Waals surface area contributed by atoms with Crippen molar-refractivity contribution in [1.29, 1.82) is 5.26 Å². The number of nitriles is 1. The highest BCUT2D eigenvalue weighted by atomic mass is 16.6. The van der Waals surface area contributed by atoms with E-state index < -0.39 is 29.3 Å². The maximum Gasteiger partial charge on any atom is 0.408 e. The Labute approximate surface area is 148 Å². The van der Waals surface area contributed by atoms with Gasteiger partial charge in [-0.3, -0.25) is 4.98 Å². The number of amides is 1. The number of ether oxygens (including phenoxy) is 2. The minimum Gasteiger partial charge on any atom is -0.458 e. The molecule has 25 heavy (non-hydrogen) atoms. The molecule has 0 aromatic carbocycles. The monoisotopic (exact) mass is 347 g/mol. The molecule has 0 fully saturated rings. The Kier molecular flexibility index (Phi) is 6.51. The second-order valence-electron chi connectivity index (χ2n) is 7.59. The van der Waals surface area contributed by atoms with Crippen LogP contribution in [0, 0.1) is 11.3 Å². The Bertz CT molecular complexity index is 649. The molecule has 1 rings (SSSR count). The number of pyridine rings is 1. The van der Waals surface area contributed by atoms with Gasteiger partial charge in [0.05, 0.1) is 5.56 Å². The summed E-state index contributed by atoms with van der Waals surface area (Å²) in [6, 6.07) is 4.26. The maximum atomic E-state index is 12.4. The molecule has 136 valence electrons. The summed E-state index contributed by atoms with van der Waals surface area (Å²) < 4.78 is 10.6. The van der Waals surface area contributed by atoms with Crippen molar-refractivity contribution in [3.8, 4) is 6.07 Å². The Morgan fingerprint density at radius 3 is 2.20 bits per heavy atom. The van der Waals surface area contributed by atoms with Gasteiger partial charge in [0.2, 0.25) is 0 Å². The molecule has 0 aliphatic carbocycles. The highest BCUT2D eigenvalue weighted by molar-refractivity contribution is 5.82. The van der Waals surface area contributed by atoms with Crippen LogP contribution in [0.4, 0.5) is 4.79 Å². The summed E-state index contributed by atoms with van der Waals surface area (Å²) in [6.45, 7) is 10.4. The molecule has 1 N–H and O–H groups in total. The van der Waals surface area contributed by atoms with E-state index in [-0.39, 0.29) is 6.42 Å². The van der Waals surface area contributed by atoms with Crippen molar-refractivity contribution in [2.45, 2.75) is 65.2 Å². The number of hydrogen-bond donors (Lipinski definition) is 1. The molecule has 7 nitrogen and oxygen atoms in total. The summed E-state index contributed by atoms with van der Waals surface area (Å²) in [5, 5.41) is 11.3. The third kappa shape index (κ3) is 8.15. The van der Waals surface area contributed by atoms with E-state index in [4.69, 9.17) is 14.7 Å². The van der Waals surface area contributed by atoms with Crippen molar-refractivity contribution in [3.63, 3.8) is 0 Å². The van der Waals surface area contributed by atoms with Crippen LogP contribution in [-0.4, -0.2) is 34.3 Å². The number of alkyl carbamates (subject to hydrolysis) is 1. The summed E-state index contributed by atoms with van der Waals surface area (Å²) in [5.41, 5.74) is -0.415. The molecular formula is C18H25N3O4. The van der Waals surface area contributed by atoms with Crippen molar-refractivity contribution in [3.05, 3.63) is 29.6 Å². The van der Waals surface area contributed by atoms with E-state index in [2.05, 4.69) is 10.3 Å². The minimum absolute atomic E-state index is 0.125. The topological polar surface area (TPSA) is 101 Å². The van der Waals surface area contributed by atoms with Crippen LogP contribution in [0.25, 0.3) is 0 Å². The lowest BCUT2D eigenvalue weighted by atomic mass is 10.1. The highest BCUT2D eigenvalue weighted by Crippen LogP contribution is 2.12. The molecular weight excluding hydrogens is 322 g/mol. The minimum atomic E-state index is -0.950. The Hall–Kier alpha value is -2.62. The van der Waals surface area contributed by atoms with Crippen LogP contribution in [0.5, 0.6) is 0 Å². The smallest absolute Gasteiger partial charge is 0.408 e. The van der Waals surface area contributed by atoms with Crippen LogP contribution in [0.3, 0.4) is 0 Å². The van der Waals surface area contributed by atoms with E-state index in [1.165, 1.54) is 6.20 Å². The van der Waals surface area contributed by atoms with E-state index in [1.54, 1.807) is 53.7 Å². The highest BCUT2D eigenvalue weighted by Gasteiger charge is 2.29. The van der Waals surface area contributed by atoms with Gasteiger partial charge in [0, 0.05) is 18.3 Å². The summed E-state index contributed by atoms with van der Waals surface area (Å²) in [4.78, 5) is 28.6. The number of rotatable bonds is 4. The number of hydrogen-bond acceptors (Lipinski definition) is 6. The number of nitrogens with zero attached hydrogens (tertiary/aromatic N) is 2. The van der Waals surface area contributed by atoms with Gasteiger partial charge in [-0.15, -0.1) is 0 Å². The first kappa shape index (κ1) is 20.4. The lowest BCUT2D eigenvalue weighted by Crippen LogP contribution is -2.47. The number of carbonyl (C=O) groups excluding carboxylic acids is 2. The molecule has 1 aromatic rings. The molecule has 0 bridgehead atoms. The van der Waals surface area contributed by atoms with Crippen LogP contribution in [0.1, 0.15) is 52.8 Å². The van der Waals surface area contributed by atoms with E-state index >= 15 is 0 Å². The zero-order valence-electron chi connectivity index (χ0n) is 15.5. The zero-order chi connectivity index (χ0) is 19.3. The first-order valence-corrected chi connectivity index (χ1v) is 7.97. The summed E-state index contributed by atoms with van der Waals surface area (Å²) >= 11 is 0. The second kappa shape index (κ2) is 7.97. The molecule has 1 aromatic heterocycles. The van der Waals surface area contributed by atoms with E-state index in [0.29, 0.717) is 11.3 Å². The fraction of sp³-hybridized carbons (Fsp3) is 0.556. The van der Waals surface area contributed by atoms with Crippen molar-refractivity contribution in [2.24, 2.45) is 0 Å². The number of nitrogens with one attached hydrogen (secondary N) is 1. The fourth-order valence-corrected chi connectivity index (χ4v) is 1.84. The second-order valence-corrected chi connectivity index (χ2v) is 7.59. The third-order valence-corrected chi connectivity index (χ3v) is 2.75. The zero-order valence-corrected chi connectivity index (χ0v) is 15.5. The predicted octanol–water partition coefficient (Wildman–Crippen LogP) is 2.73. The van der Waals surface area contributed by atoms with Crippen LogP contribution >= 0.6 is 0 Å². The molecule has 0 radical (unpaired) electrons. The first-order chi connectivity index (χ1) is 11.4. The summed E-state index contributed by atoms with van der Waals surface area (Å²) in [6.07, 6.45) is 0.825. The molecule has 1 heterocycles. The van der Waals surface area contributed by atoms with Crippen molar-refractivity contribution in [1.82, 2.24) is 10.3 Å². The van der Waals surface area contributed by atoms with Gasteiger partial charge in [-0.05, 0) is 53.7 Å². The molecule has 1 atom stereocenters. The standard InChI is InChI=1S/C18H25N3O4/c1-17(2,3)24-15(22)14(21-16(23)25-18(4,5)6)9-13-8-7-12(10-19)11-20-13/h7-8,11,14H,9H2,1-6H3,(H,21,23)/t14-/m0/s1. The molecule has 0 unspecified atom stereocenters. The molecule has 7 heteroatoms. The quantitative estimate of drug-likeness (QED) is 0.840. The van der Waals surface area contributed by atoms with E-state index in [0.717, 1.165) is 0 Å². The van der Waals surface area contributed by atoms with Crippen LogP contribution in [0.2, 0.25) is 0 Å². The van der Waals surface area contributed by atoms with E-state index in [1.807, 2.05) is 6.07 Å². The van der Waals surface area contributed by atoms with E-state index in [9.17, 15) is 9.59 Å². The van der Waals surface area contributed by atoms with Gasteiger partial charge >= 0.3 is 12.1 Å². The predicted molar refractivity (Wildman–Crippen MR) is 91.7 cm³/mol. The SMILES string of the molecule is CC(C)(C)OC(=O)N[C@@H](Cc1ccc(C#N)cn1)C(=O)OC(C)(C)C. The van der Waals surface area contributed by atoms with Crippen molar-refractivity contribution >= 4 is 12.1 Å². The number of aromatic nitrogens is 1. The van der Waals surface area contributed by atoms with Gasteiger partial charge in [0.25, 0.3) is 0 Å². The molecule has 0 saturated heterocycles. The summed E-state index contributed by atoms with van der Waals surface area (Å²) in [7, 11) is 0. The number of carbonyl (C=O) groups is 2. The van der Waals surface area contributed by atoms with Crippen molar-refractivity contribution in [2.75, 3.05) is 0 Å². The average molecular weight is 347 g/mol. The van der Waals surface area contributed by atoms with Crippen LogP contribution in [0.15, 0.2) is 18.3 Å². The number of esters is 1. The third-order valence-electron chi connectivity index (χ3n) is 2.75. The molecule has 0 saturated carbocycles. The van der Waals surface area contributed by atoms with Crippen LogP contribution < -0.4 is 5.32 Å². The average Bonchev–Trinajstić information content (AvgIpc) is 2.43. The molecule has 1 amide bonds. The van der Waals surface area contributed by atoms with Crippen LogP contribution in [-0.2, 0) is 20.7 Å². The Morgan fingerprint density at radius 2 is 1.76 bits per heavy atom. The normalized spacial score (nSPS) is 12.7. The van der Waals surface area contributed by atoms with Gasteiger partial charge in [0.15, 0.2) is 0 Å². The van der Waals surface area contributed by atoms with Crippen molar-refractivity contribution < 1.29 is 19.1 Å². The maximum absolute atomic E-state index is 12.4. The Morgan fingerprint density at radius 1 is 1.16 bits per heavy atom. The molecule has 0 spiro atoms. The lowest BCUT2D eigenvalue weighted by Gasteiger charge is -2.26. The first-order valence-electron chi connectivity index (χ1n) is 7.97. The molecule has 0 aliphatic heterocycles. The van der Waals surface area contributed by atoms with Gasteiger partial charge in [-0.2, -0.15) is 5.26 Å². The van der Waals surface area contributed by atoms with Gasteiger partial charge in [-0.25, -0.2) is 9.59 Å². The van der Waals surface area contributed by atoms with Gasteiger partial charge in [0.1, 0.15) is 23.3 Å². The fourth-order valence-electron chi connectivity index (χ4n) is 1.84.